The molecule has 5 nitrogen and oxygen atoms in total. The third-order valence-corrected chi connectivity index (χ3v) is 8.25. The summed E-state index contributed by atoms with van der Waals surface area (Å²) in [5.41, 5.74) is 0.867. The predicted molar refractivity (Wildman–Crippen MR) is 115 cm³/mol. The van der Waals surface area contributed by atoms with Gasteiger partial charge in [-0.3, -0.25) is 9.59 Å². The number of carbonyl (C=O) groups is 2. The Morgan fingerprint density at radius 2 is 1.72 bits per heavy atom. The molecule has 1 aromatic heterocycles. The summed E-state index contributed by atoms with van der Waals surface area (Å²) in [7, 11) is 0. The molecular formula is C23H29N3O2S. The lowest BCUT2D eigenvalue weighted by Crippen LogP contribution is -2.54. The molecule has 4 bridgehead atoms. The molecule has 2 amide bonds. The van der Waals surface area contributed by atoms with Crippen LogP contribution in [0.3, 0.4) is 0 Å². The average Bonchev–Trinajstić information content (AvgIpc) is 3.11. The standard InChI is InChI=1S/C23H29N3O2S/c27-20(24-7-3-6-21-26-18-4-1-2-5-19(18)29-21)14-25-22(28)23-11-15-8-16(12-23)10-17(9-15)13-23/h1-2,4-5,15-17H,3,6-14H2,(H,24,27)(H,25,28). The number of amides is 2. The lowest BCUT2D eigenvalue weighted by molar-refractivity contribution is -0.147. The Morgan fingerprint density at radius 1 is 1.03 bits per heavy atom. The highest BCUT2D eigenvalue weighted by molar-refractivity contribution is 7.18. The Kier molecular flexibility index (Phi) is 5.06. The maximum Gasteiger partial charge on any atom is 0.239 e. The van der Waals surface area contributed by atoms with Gasteiger partial charge in [-0.1, -0.05) is 12.1 Å². The number of aryl methyl sites for hydroxylation is 1. The van der Waals surface area contributed by atoms with E-state index in [9.17, 15) is 9.59 Å². The van der Waals surface area contributed by atoms with Crippen LogP contribution < -0.4 is 10.6 Å². The van der Waals surface area contributed by atoms with Crippen LogP contribution in [-0.4, -0.2) is 29.9 Å². The molecule has 0 saturated heterocycles. The Labute approximate surface area is 175 Å². The number of hydrogen-bond donors (Lipinski definition) is 2. The molecule has 4 saturated carbocycles. The summed E-state index contributed by atoms with van der Waals surface area (Å²) in [5.74, 6) is 2.25. The van der Waals surface area contributed by atoms with Crippen LogP contribution in [0.15, 0.2) is 24.3 Å². The number of nitrogens with one attached hydrogen (secondary N) is 2. The van der Waals surface area contributed by atoms with Crippen LogP contribution in [0.2, 0.25) is 0 Å². The molecule has 0 spiro atoms. The van der Waals surface area contributed by atoms with E-state index < -0.39 is 0 Å². The number of para-hydroxylation sites is 1. The van der Waals surface area contributed by atoms with Crippen molar-refractivity contribution in [2.75, 3.05) is 13.1 Å². The predicted octanol–water partition coefficient (Wildman–Crippen LogP) is 3.68. The first-order valence-corrected chi connectivity index (χ1v) is 11.8. The molecule has 0 aliphatic heterocycles. The summed E-state index contributed by atoms with van der Waals surface area (Å²) in [6, 6.07) is 8.15. The number of hydrogen-bond acceptors (Lipinski definition) is 4. The zero-order valence-electron chi connectivity index (χ0n) is 16.8. The van der Waals surface area contributed by atoms with Crippen molar-refractivity contribution in [3.63, 3.8) is 0 Å². The molecule has 29 heavy (non-hydrogen) atoms. The second-order valence-electron chi connectivity index (χ2n) is 9.41. The molecule has 6 rings (SSSR count). The van der Waals surface area contributed by atoms with E-state index in [4.69, 9.17) is 0 Å². The smallest absolute Gasteiger partial charge is 0.239 e. The minimum absolute atomic E-state index is 0.0904. The molecule has 154 valence electrons. The first kappa shape index (κ1) is 19.0. The van der Waals surface area contributed by atoms with E-state index in [1.54, 1.807) is 11.3 Å². The summed E-state index contributed by atoms with van der Waals surface area (Å²) in [6.07, 6.45) is 8.79. The van der Waals surface area contributed by atoms with Crippen LogP contribution in [0.4, 0.5) is 0 Å². The molecule has 1 heterocycles. The minimum Gasteiger partial charge on any atom is -0.355 e. The lowest BCUT2D eigenvalue weighted by Gasteiger charge is -2.55. The summed E-state index contributed by atoms with van der Waals surface area (Å²) >= 11 is 1.72. The van der Waals surface area contributed by atoms with E-state index in [1.165, 1.54) is 24.0 Å². The van der Waals surface area contributed by atoms with Crippen LogP contribution in [0.25, 0.3) is 10.2 Å². The van der Waals surface area contributed by atoms with Crippen LogP contribution in [-0.2, 0) is 16.0 Å². The maximum atomic E-state index is 12.9. The third kappa shape index (κ3) is 3.91. The Hall–Kier alpha value is -1.95. The second kappa shape index (κ2) is 7.71. The molecule has 0 atom stereocenters. The average molecular weight is 412 g/mol. The van der Waals surface area contributed by atoms with Gasteiger partial charge in [0.25, 0.3) is 0 Å². The lowest BCUT2D eigenvalue weighted by atomic mass is 9.49. The maximum absolute atomic E-state index is 12.9. The van der Waals surface area contributed by atoms with Gasteiger partial charge in [-0.05, 0) is 74.8 Å². The van der Waals surface area contributed by atoms with Crippen LogP contribution in [0.5, 0.6) is 0 Å². The van der Waals surface area contributed by atoms with E-state index in [0.29, 0.717) is 6.54 Å². The molecular weight excluding hydrogens is 382 g/mol. The molecule has 0 radical (unpaired) electrons. The van der Waals surface area contributed by atoms with Crippen molar-refractivity contribution in [2.45, 2.75) is 51.4 Å². The van der Waals surface area contributed by atoms with Gasteiger partial charge in [-0.15, -0.1) is 11.3 Å². The fraction of sp³-hybridized carbons (Fsp3) is 0.609. The summed E-state index contributed by atoms with van der Waals surface area (Å²) in [6.45, 7) is 0.712. The van der Waals surface area contributed by atoms with Gasteiger partial charge in [0.1, 0.15) is 0 Å². The van der Waals surface area contributed by atoms with Gasteiger partial charge in [0, 0.05) is 18.4 Å². The van der Waals surface area contributed by atoms with Gasteiger partial charge in [-0.25, -0.2) is 4.98 Å². The first-order chi connectivity index (χ1) is 14.1. The van der Waals surface area contributed by atoms with Gasteiger partial charge in [-0.2, -0.15) is 0 Å². The quantitative estimate of drug-likeness (QED) is 0.683. The van der Waals surface area contributed by atoms with E-state index in [1.807, 2.05) is 18.2 Å². The highest BCUT2D eigenvalue weighted by Crippen LogP contribution is 2.60. The topological polar surface area (TPSA) is 71.1 Å². The molecule has 2 N–H and O–H groups in total. The van der Waals surface area contributed by atoms with E-state index in [2.05, 4.69) is 21.7 Å². The zero-order valence-corrected chi connectivity index (χ0v) is 17.6. The van der Waals surface area contributed by atoms with Crippen molar-refractivity contribution in [2.24, 2.45) is 23.2 Å². The Balaban J connectivity index is 1.05. The third-order valence-electron chi connectivity index (χ3n) is 7.16. The largest absolute Gasteiger partial charge is 0.355 e. The van der Waals surface area contributed by atoms with Crippen molar-refractivity contribution in [3.8, 4) is 0 Å². The molecule has 4 aliphatic carbocycles. The molecule has 4 aliphatic rings. The van der Waals surface area contributed by atoms with E-state index in [-0.39, 0.29) is 23.8 Å². The molecule has 0 unspecified atom stereocenters. The first-order valence-electron chi connectivity index (χ1n) is 11.0. The molecule has 4 fully saturated rings. The fourth-order valence-corrected chi connectivity index (χ4v) is 7.30. The second-order valence-corrected chi connectivity index (χ2v) is 10.5. The van der Waals surface area contributed by atoms with Crippen LogP contribution in [0.1, 0.15) is 50.0 Å². The minimum atomic E-state index is -0.179. The Morgan fingerprint density at radius 3 is 2.41 bits per heavy atom. The number of aromatic nitrogens is 1. The van der Waals surface area contributed by atoms with Gasteiger partial charge < -0.3 is 10.6 Å². The van der Waals surface area contributed by atoms with Crippen molar-refractivity contribution in [1.82, 2.24) is 15.6 Å². The highest BCUT2D eigenvalue weighted by Gasteiger charge is 2.54. The van der Waals surface area contributed by atoms with Gasteiger partial charge in [0.05, 0.1) is 21.8 Å². The van der Waals surface area contributed by atoms with Crippen molar-refractivity contribution >= 4 is 33.4 Å². The van der Waals surface area contributed by atoms with Crippen molar-refractivity contribution in [1.29, 1.82) is 0 Å². The fourth-order valence-electron chi connectivity index (χ4n) is 6.29. The number of benzene rings is 1. The number of thiazole rings is 1. The summed E-state index contributed by atoms with van der Waals surface area (Å²) < 4.78 is 1.21. The van der Waals surface area contributed by atoms with Gasteiger partial charge in [0.2, 0.25) is 11.8 Å². The SMILES string of the molecule is O=C(CNC(=O)C12CC3CC(CC(C3)C1)C2)NCCCc1nc2ccccc2s1. The molecule has 2 aromatic rings. The summed E-state index contributed by atoms with van der Waals surface area (Å²) in [5, 5.41) is 7.00. The van der Waals surface area contributed by atoms with Crippen LogP contribution >= 0.6 is 11.3 Å². The number of fused-ring (bicyclic) bond motifs is 1. The molecule has 6 heteroatoms. The highest BCUT2D eigenvalue weighted by atomic mass is 32.1. The van der Waals surface area contributed by atoms with Crippen LogP contribution in [0, 0.1) is 23.2 Å². The number of carbonyl (C=O) groups excluding carboxylic acids is 2. The number of nitrogens with zero attached hydrogens (tertiary/aromatic N) is 1. The van der Waals surface area contributed by atoms with Gasteiger partial charge >= 0.3 is 0 Å². The van der Waals surface area contributed by atoms with Gasteiger partial charge in [0.15, 0.2) is 0 Å². The summed E-state index contributed by atoms with van der Waals surface area (Å²) in [4.78, 5) is 29.7. The van der Waals surface area contributed by atoms with E-state index in [0.717, 1.165) is 60.4 Å². The van der Waals surface area contributed by atoms with E-state index >= 15 is 0 Å². The van der Waals surface area contributed by atoms with Crippen molar-refractivity contribution < 1.29 is 9.59 Å². The monoisotopic (exact) mass is 411 g/mol. The normalized spacial score (nSPS) is 29.9. The zero-order chi connectivity index (χ0) is 19.8. The number of rotatable bonds is 7. The Bertz CT molecular complexity index is 853. The molecule has 1 aromatic carbocycles. The van der Waals surface area contributed by atoms with Crippen molar-refractivity contribution in [3.05, 3.63) is 29.3 Å².